The molecule has 0 saturated heterocycles. The molecule has 0 saturated carbocycles. The molecule has 0 fully saturated rings. The molecule has 0 N–H and O–H groups in total. The van der Waals surface area contributed by atoms with E-state index in [-0.39, 0.29) is 5.69 Å². The maximum atomic E-state index is 10.6. The predicted octanol–water partition coefficient (Wildman–Crippen LogP) is 3.10. The standard InChI is InChI=1S/C10H7ClN2O2/c1-6-4-10(11)12-9-3-2-7(13(14)15)5-8(6)9/h2-5H,1H3. The van der Waals surface area contributed by atoms with E-state index in [1.807, 2.05) is 6.92 Å². The second-order valence-corrected chi connectivity index (χ2v) is 3.61. The van der Waals surface area contributed by atoms with Crippen LogP contribution in [0.5, 0.6) is 0 Å². The van der Waals surface area contributed by atoms with Crippen molar-refractivity contribution in [1.82, 2.24) is 4.98 Å². The smallest absolute Gasteiger partial charge is 0.258 e. The molecule has 0 radical (unpaired) electrons. The molecule has 15 heavy (non-hydrogen) atoms. The molecule has 0 bridgehead atoms. The van der Waals surface area contributed by atoms with Crippen LogP contribution in [0.3, 0.4) is 0 Å². The van der Waals surface area contributed by atoms with Crippen LogP contribution in [0, 0.1) is 17.0 Å². The van der Waals surface area contributed by atoms with Gasteiger partial charge >= 0.3 is 0 Å². The summed E-state index contributed by atoms with van der Waals surface area (Å²) in [5.74, 6) is 0. The molecule has 0 aliphatic carbocycles. The van der Waals surface area contributed by atoms with Crippen LogP contribution in [0.1, 0.15) is 5.56 Å². The number of non-ortho nitro benzene ring substituents is 1. The van der Waals surface area contributed by atoms with Crippen molar-refractivity contribution >= 4 is 28.2 Å². The van der Waals surface area contributed by atoms with Crippen LogP contribution in [-0.4, -0.2) is 9.91 Å². The molecule has 5 heteroatoms. The van der Waals surface area contributed by atoms with E-state index in [1.54, 1.807) is 12.1 Å². The summed E-state index contributed by atoms with van der Waals surface area (Å²) in [4.78, 5) is 14.2. The van der Waals surface area contributed by atoms with Gasteiger partial charge in [-0.2, -0.15) is 0 Å². The van der Waals surface area contributed by atoms with Gasteiger partial charge in [0.05, 0.1) is 10.4 Å². The molecule has 1 aromatic carbocycles. The number of halogens is 1. The van der Waals surface area contributed by atoms with Gasteiger partial charge in [0.25, 0.3) is 5.69 Å². The summed E-state index contributed by atoms with van der Waals surface area (Å²) in [6.45, 7) is 1.85. The largest absolute Gasteiger partial charge is 0.270 e. The predicted molar refractivity (Wildman–Crippen MR) is 58.1 cm³/mol. The maximum absolute atomic E-state index is 10.6. The minimum absolute atomic E-state index is 0.0646. The highest BCUT2D eigenvalue weighted by molar-refractivity contribution is 6.29. The van der Waals surface area contributed by atoms with Gasteiger partial charge in [-0.15, -0.1) is 0 Å². The number of aromatic nitrogens is 1. The fraction of sp³-hybridized carbons (Fsp3) is 0.100. The third-order valence-electron chi connectivity index (χ3n) is 2.18. The Balaban J connectivity index is 2.76. The van der Waals surface area contributed by atoms with Crippen molar-refractivity contribution in [3.63, 3.8) is 0 Å². The normalized spacial score (nSPS) is 10.5. The van der Waals surface area contributed by atoms with Crippen LogP contribution in [0.25, 0.3) is 10.9 Å². The average Bonchev–Trinajstić information content (AvgIpc) is 2.16. The fourth-order valence-electron chi connectivity index (χ4n) is 1.45. The number of aryl methyl sites for hydroxylation is 1. The highest BCUT2D eigenvalue weighted by Crippen LogP contribution is 2.24. The molecule has 0 atom stereocenters. The molecule has 0 aliphatic rings. The van der Waals surface area contributed by atoms with E-state index < -0.39 is 4.92 Å². The van der Waals surface area contributed by atoms with Crippen LogP contribution in [0.2, 0.25) is 5.15 Å². The van der Waals surface area contributed by atoms with E-state index in [0.717, 1.165) is 10.9 Å². The minimum atomic E-state index is -0.423. The van der Waals surface area contributed by atoms with Gasteiger partial charge < -0.3 is 0 Å². The number of nitrogens with zero attached hydrogens (tertiary/aromatic N) is 2. The monoisotopic (exact) mass is 222 g/mol. The fourth-order valence-corrected chi connectivity index (χ4v) is 1.71. The van der Waals surface area contributed by atoms with Crippen molar-refractivity contribution in [3.8, 4) is 0 Å². The van der Waals surface area contributed by atoms with Crippen molar-refractivity contribution in [3.05, 3.63) is 45.1 Å². The van der Waals surface area contributed by atoms with E-state index in [2.05, 4.69) is 4.98 Å². The SMILES string of the molecule is Cc1cc(Cl)nc2ccc([N+](=O)[O-])cc12. The van der Waals surface area contributed by atoms with Gasteiger partial charge in [0.15, 0.2) is 0 Å². The number of hydrogen-bond donors (Lipinski definition) is 0. The lowest BCUT2D eigenvalue weighted by Crippen LogP contribution is -1.90. The van der Waals surface area contributed by atoms with Crippen LogP contribution >= 0.6 is 11.6 Å². The minimum Gasteiger partial charge on any atom is -0.258 e. The molecule has 0 unspecified atom stereocenters. The Bertz CT molecular complexity index is 554. The highest BCUT2D eigenvalue weighted by Gasteiger charge is 2.08. The maximum Gasteiger partial charge on any atom is 0.270 e. The van der Waals surface area contributed by atoms with E-state index >= 15 is 0 Å². The van der Waals surface area contributed by atoms with Crippen LogP contribution < -0.4 is 0 Å². The summed E-state index contributed by atoms with van der Waals surface area (Å²) in [5, 5.41) is 11.7. The first-order chi connectivity index (χ1) is 7.08. The van der Waals surface area contributed by atoms with Crippen molar-refractivity contribution in [2.24, 2.45) is 0 Å². The van der Waals surface area contributed by atoms with E-state index in [0.29, 0.717) is 10.7 Å². The second-order valence-electron chi connectivity index (χ2n) is 3.22. The number of nitro groups is 1. The Labute approximate surface area is 90.7 Å². The van der Waals surface area contributed by atoms with Gasteiger partial charge in [-0.1, -0.05) is 11.6 Å². The van der Waals surface area contributed by atoms with Gasteiger partial charge in [-0.3, -0.25) is 10.1 Å². The molecule has 0 amide bonds. The summed E-state index contributed by atoms with van der Waals surface area (Å²) in [6, 6.07) is 6.22. The highest BCUT2D eigenvalue weighted by atomic mass is 35.5. The van der Waals surface area contributed by atoms with Gasteiger partial charge in [-0.05, 0) is 24.6 Å². The molecule has 0 spiro atoms. The summed E-state index contributed by atoms with van der Waals surface area (Å²) >= 11 is 5.78. The van der Waals surface area contributed by atoms with E-state index in [9.17, 15) is 10.1 Å². The van der Waals surface area contributed by atoms with Gasteiger partial charge in [-0.25, -0.2) is 4.98 Å². The second kappa shape index (κ2) is 3.47. The molecule has 2 rings (SSSR count). The summed E-state index contributed by atoms with van der Waals surface area (Å²) in [7, 11) is 0. The first-order valence-corrected chi connectivity index (χ1v) is 4.67. The molecule has 0 aliphatic heterocycles. The molecular weight excluding hydrogens is 216 g/mol. The number of hydrogen-bond acceptors (Lipinski definition) is 3. The summed E-state index contributed by atoms with van der Waals surface area (Å²) < 4.78 is 0. The number of rotatable bonds is 1. The van der Waals surface area contributed by atoms with Crippen molar-refractivity contribution in [2.45, 2.75) is 6.92 Å². The summed E-state index contributed by atoms with van der Waals surface area (Å²) in [5.41, 5.74) is 1.62. The Kier molecular flexibility index (Phi) is 2.28. The Morgan fingerprint density at radius 3 is 2.80 bits per heavy atom. The van der Waals surface area contributed by atoms with Gasteiger partial charge in [0.2, 0.25) is 0 Å². The lowest BCUT2D eigenvalue weighted by atomic mass is 10.1. The molecule has 1 aromatic heterocycles. The topological polar surface area (TPSA) is 56.0 Å². The van der Waals surface area contributed by atoms with Crippen LogP contribution in [-0.2, 0) is 0 Å². The quantitative estimate of drug-likeness (QED) is 0.423. The molecular formula is C10H7ClN2O2. The van der Waals surface area contributed by atoms with Crippen molar-refractivity contribution < 1.29 is 4.92 Å². The van der Waals surface area contributed by atoms with Gasteiger partial charge in [0, 0.05) is 17.5 Å². The van der Waals surface area contributed by atoms with Crippen LogP contribution in [0.15, 0.2) is 24.3 Å². The molecule has 1 heterocycles. The zero-order chi connectivity index (χ0) is 11.0. The average molecular weight is 223 g/mol. The molecule has 76 valence electrons. The number of nitro benzene ring substituents is 1. The Hall–Kier alpha value is -1.68. The van der Waals surface area contributed by atoms with Crippen molar-refractivity contribution in [2.75, 3.05) is 0 Å². The Morgan fingerprint density at radius 2 is 2.13 bits per heavy atom. The van der Waals surface area contributed by atoms with Gasteiger partial charge in [0.1, 0.15) is 5.15 Å². The first-order valence-electron chi connectivity index (χ1n) is 4.29. The molecule has 4 nitrogen and oxygen atoms in total. The van der Waals surface area contributed by atoms with E-state index in [1.165, 1.54) is 12.1 Å². The molecule has 2 aromatic rings. The Morgan fingerprint density at radius 1 is 1.40 bits per heavy atom. The number of fused-ring (bicyclic) bond motifs is 1. The summed E-state index contributed by atoms with van der Waals surface area (Å²) in [6.07, 6.45) is 0. The zero-order valence-corrected chi connectivity index (χ0v) is 8.65. The third-order valence-corrected chi connectivity index (χ3v) is 2.37. The van der Waals surface area contributed by atoms with E-state index in [4.69, 9.17) is 11.6 Å². The zero-order valence-electron chi connectivity index (χ0n) is 7.90. The third kappa shape index (κ3) is 1.76. The lowest BCUT2D eigenvalue weighted by molar-refractivity contribution is -0.384. The first kappa shape index (κ1) is 9.86. The van der Waals surface area contributed by atoms with Crippen molar-refractivity contribution in [1.29, 1.82) is 0 Å². The van der Waals surface area contributed by atoms with Crippen LogP contribution in [0.4, 0.5) is 5.69 Å². The number of pyridine rings is 1. The number of benzene rings is 1. The lowest BCUT2D eigenvalue weighted by Gasteiger charge is -2.01.